The lowest BCUT2D eigenvalue weighted by atomic mass is 9.88. The Balaban J connectivity index is 1.29. The number of nitrogens with zero attached hydrogens (tertiary/aromatic N) is 1. The fraction of sp³-hybridized carbons (Fsp3) is 0.231. The largest absolute Gasteiger partial charge is 0.300 e. The van der Waals surface area contributed by atoms with Crippen molar-refractivity contribution in [2.24, 2.45) is 0 Å². The molecule has 0 N–H and O–H groups in total. The Bertz CT molecular complexity index is 842. The van der Waals surface area contributed by atoms with Crippen molar-refractivity contribution < 1.29 is 0 Å². The van der Waals surface area contributed by atoms with E-state index in [1.54, 1.807) is 0 Å². The van der Waals surface area contributed by atoms with E-state index in [1.807, 2.05) is 0 Å². The molecule has 0 bridgehead atoms. The van der Waals surface area contributed by atoms with Gasteiger partial charge in [-0.25, -0.2) is 0 Å². The van der Waals surface area contributed by atoms with Gasteiger partial charge >= 0.3 is 0 Å². The number of piperidine rings is 1. The monoisotopic (exact) mass is 353 g/mol. The van der Waals surface area contributed by atoms with Gasteiger partial charge in [-0.3, -0.25) is 4.90 Å². The molecule has 4 rings (SSSR count). The van der Waals surface area contributed by atoms with Crippen LogP contribution in [-0.4, -0.2) is 24.5 Å². The minimum atomic E-state index is 0.698. The zero-order chi connectivity index (χ0) is 18.3. The summed E-state index contributed by atoms with van der Waals surface area (Å²) in [6, 6.07) is 30.4. The Hall–Kier alpha value is -2.64. The van der Waals surface area contributed by atoms with E-state index in [0.29, 0.717) is 5.92 Å². The Labute approximate surface area is 163 Å². The summed E-state index contributed by atoms with van der Waals surface area (Å²) in [5.41, 5.74) is 5.38. The summed E-state index contributed by atoms with van der Waals surface area (Å²) in [5, 5.41) is 0. The maximum Gasteiger partial charge on any atom is 0.0166 e. The van der Waals surface area contributed by atoms with Gasteiger partial charge < -0.3 is 0 Å². The summed E-state index contributed by atoms with van der Waals surface area (Å²) in [4.78, 5) is 2.56. The number of hydrogen-bond acceptors (Lipinski definition) is 1. The molecule has 1 heterocycles. The minimum absolute atomic E-state index is 0.698. The maximum absolute atomic E-state index is 2.56. The molecule has 0 saturated carbocycles. The van der Waals surface area contributed by atoms with Crippen LogP contribution in [0.15, 0.2) is 91.0 Å². The number of benzene rings is 3. The highest BCUT2D eigenvalue weighted by molar-refractivity contribution is 5.63. The van der Waals surface area contributed by atoms with Gasteiger partial charge in [0, 0.05) is 6.54 Å². The average Bonchev–Trinajstić information content (AvgIpc) is 2.76. The Morgan fingerprint density at radius 2 is 1.30 bits per heavy atom. The van der Waals surface area contributed by atoms with Crippen molar-refractivity contribution in [3.8, 4) is 11.1 Å². The van der Waals surface area contributed by atoms with Gasteiger partial charge in [-0.05, 0) is 54.1 Å². The van der Waals surface area contributed by atoms with Gasteiger partial charge in [0.2, 0.25) is 0 Å². The molecule has 1 saturated heterocycles. The van der Waals surface area contributed by atoms with Gasteiger partial charge in [0.1, 0.15) is 0 Å². The highest BCUT2D eigenvalue weighted by Gasteiger charge is 2.19. The van der Waals surface area contributed by atoms with E-state index in [0.717, 1.165) is 6.54 Å². The molecule has 1 heteroatoms. The van der Waals surface area contributed by atoms with Crippen molar-refractivity contribution in [2.75, 3.05) is 19.6 Å². The van der Waals surface area contributed by atoms with Crippen molar-refractivity contribution in [2.45, 2.75) is 18.8 Å². The second kappa shape index (κ2) is 8.83. The third-order valence-electron chi connectivity index (χ3n) is 5.55. The summed E-state index contributed by atoms with van der Waals surface area (Å²) in [7, 11) is 0. The first kappa shape index (κ1) is 17.8. The summed E-state index contributed by atoms with van der Waals surface area (Å²) < 4.78 is 0. The first-order valence-corrected chi connectivity index (χ1v) is 9.98. The van der Waals surface area contributed by atoms with Crippen molar-refractivity contribution >= 4 is 6.08 Å². The molecule has 1 fully saturated rings. The van der Waals surface area contributed by atoms with Gasteiger partial charge in [-0.2, -0.15) is 0 Å². The Morgan fingerprint density at radius 1 is 0.704 bits per heavy atom. The van der Waals surface area contributed by atoms with Crippen LogP contribution in [0.5, 0.6) is 0 Å². The molecule has 1 aliphatic rings. The second-order valence-electron chi connectivity index (χ2n) is 7.38. The van der Waals surface area contributed by atoms with Crippen molar-refractivity contribution in [3.63, 3.8) is 0 Å². The van der Waals surface area contributed by atoms with Gasteiger partial charge in [-0.15, -0.1) is 0 Å². The van der Waals surface area contributed by atoms with Crippen LogP contribution in [0.4, 0.5) is 0 Å². The lowest BCUT2D eigenvalue weighted by molar-refractivity contribution is 0.233. The third-order valence-corrected chi connectivity index (χ3v) is 5.55. The van der Waals surface area contributed by atoms with Crippen LogP contribution in [0.3, 0.4) is 0 Å². The van der Waals surface area contributed by atoms with Crippen LogP contribution in [0.2, 0.25) is 0 Å². The molecule has 0 spiro atoms. The third kappa shape index (κ3) is 4.75. The van der Waals surface area contributed by atoms with Gasteiger partial charge in [-0.1, -0.05) is 97.1 Å². The molecule has 0 atom stereocenters. The van der Waals surface area contributed by atoms with E-state index in [2.05, 4.69) is 102 Å². The molecule has 0 unspecified atom stereocenters. The lowest BCUT2D eigenvalue weighted by Gasteiger charge is -2.31. The highest BCUT2D eigenvalue weighted by atomic mass is 15.1. The molecule has 3 aromatic rings. The molecule has 1 nitrogen and oxygen atoms in total. The average molecular weight is 354 g/mol. The molecule has 0 amide bonds. The zero-order valence-electron chi connectivity index (χ0n) is 15.8. The molecule has 0 radical (unpaired) electrons. The molecule has 27 heavy (non-hydrogen) atoms. The predicted molar refractivity (Wildman–Crippen MR) is 116 cm³/mol. The van der Waals surface area contributed by atoms with E-state index in [4.69, 9.17) is 0 Å². The normalized spacial score (nSPS) is 16.0. The fourth-order valence-corrected chi connectivity index (χ4v) is 3.93. The van der Waals surface area contributed by atoms with Crippen LogP contribution in [-0.2, 0) is 0 Å². The number of hydrogen-bond donors (Lipinski definition) is 0. The van der Waals surface area contributed by atoms with E-state index in [1.165, 1.54) is 48.2 Å². The summed E-state index contributed by atoms with van der Waals surface area (Å²) in [6.45, 7) is 3.42. The van der Waals surface area contributed by atoms with Crippen molar-refractivity contribution in [3.05, 3.63) is 102 Å². The number of rotatable bonds is 5. The van der Waals surface area contributed by atoms with Crippen LogP contribution in [0.25, 0.3) is 17.2 Å². The second-order valence-corrected chi connectivity index (χ2v) is 7.38. The highest BCUT2D eigenvalue weighted by Crippen LogP contribution is 2.29. The smallest absolute Gasteiger partial charge is 0.0166 e. The SMILES string of the molecule is C(=C\c1ccccc1)/CN1CCC(c2ccc(-c3ccccc3)cc2)CC1. The van der Waals surface area contributed by atoms with E-state index in [-0.39, 0.29) is 0 Å². The van der Waals surface area contributed by atoms with Gasteiger partial charge in [0.05, 0.1) is 0 Å². The summed E-state index contributed by atoms with van der Waals surface area (Å²) >= 11 is 0. The first-order valence-electron chi connectivity index (χ1n) is 9.98. The van der Waals surface area contributed by atoms with Crippen LogP contribution < -0.4 is 0 Å². The lowest BCUT2D eigenvalue weighted by Crippen LogP contribution is -2.33. The van der Waals surface area contributed by atoms with E-state index >= 15 is 0 Å². The molecule has 136 valence electrons. The standard InChI is InChI=1S/C26H27N/c1-3-8-22(9-4-1)10-7-19-27-20-17-26(18-21-27)25-15-13-24(14-16-25)23-11-5-2-6-12-23/h1-16,26H,17-21H2/b10-7+. The molecule has 0 aromatic heterocycles. The molecule has 1 aliphatic heterocycles. The van der Waals surface area contributed by atoms with Crippen LogP contribution >= 0.6 is 0 Å². The Kier molecular flexibility index (Phi) is 5.81. The maximum atomic E-state index is 2.56. The first-order chi connectivity index (χ1) is 13.4. The fourth-order valence-electron chi connectivity index (χ4n) is 3.93. The molecular formula is C26H27N. The Morgan fingerprint density at radius 3 is 1.96 bits per heavy atom. The van der Waals surface area contributed by atoms with E-state index < -0.39 is 0 Å². The van der Waals surface area contributed by atoms with E-state index in [9.17, 15) is 0 Å². The summed E-state index contributed by atoms with van der Waals surface area (Å²) in [6.07, 6.45) is 7.03. The van der Waals surface area contributed by atoms with Gasteiger partial charge in [0.15, 0.2) is 0 Å². The topological polar surface area (TPSA) is 3.24 Å². The minimum Gasteiger partial charge on any atom is -0.300 e. The predicted octanol–water partition coefficient (Wildman–Crippen LogP) is 6.25. The quantitative estimate of drug-likeness (QED) is 0.524. The number of likely N-dealkylation sites (tertiary alicyclic amines) is 1. The molecule has 0 aliphatic carbocycles. The van der Waals surface area contributed by atoms with Gasteiger partial charge in [0.25, 0.3) is 0 Å². The molecule has 3 aromatic carbocycles. The summed E-state index contributed by atoms with van der Waals surface area (Å²) in [5.74, 6) is 0.698. The van der Waals surface area contributed by atoms with Crippen LogP contribution in [0.1, 0.15) is 29.9 Å². The van der Waals surface area contributed by atoms with Crippen molar-refractivity contribution in [1.29, 1.82) is 0 Å². The van der Waals surface area contributed by atoms with Crippen LogP contribution in [0, 0.1) is 0 Å². The zero-order valence-corrected chi connectivity index (χ0v) is 15.8. The van der Waals surface area contributed by atoms with Crippen molar-refractivity contribution in [1.82, 2.24) is 4.90 Å². The molecular weight excluding hydrogens is 326 g/mol.